The number of phenols is 1. The van der Waals surface area contributed by atoms with E-state index in [1.807, 2.05) is 0 Å². The van der Waals surface area contributed by atoms with Crippen LogP contribution in [0.1, 0.15) is 15.9 Å². The molecule has 23 heavy (non-hydrogen) atoms. The van der Waals surface area contributed by atoms with Crippen molar-refractivity contribution in [3.05, 3.63) is 53.6 Å². The Kier molecular flexibility index (Phi) is 5.25. The molecule has 0 aliphatic rings. The summed E-state index contributed by atoms with van der Waals surface area (Å²) in [4.78, 5) is 12.2. The Bertz CT molecular complexity index is 734. The van der Waals surface area contributed by atoms with Crippen LogP contribution in [0.25, 0.3) is 6.08 Å². The molecule has 2 rings (SSSR count). The van der Waals surface area contributed by atoms with Crippen LogP contribution in [0, 0.1) is 0 Å². The molecule has 0 bridgehead atoms. The fourth-order valence-corrected chi connectivity index (χ4v) is 2.10. The zero-order chi connectivity index (χ0) is 16.8. The van der Waals surface area contributed by atoms with Crippen molar-refractivity contribution in [2.75, 3.05) is 21.3 Å². The molecule has 0 saturated carbocycles. The molecular formula is C18H18O5. The van der Waals surface area contributed by atoms with Crippen molar-refractivity contribution in [2.24, 2.45) is 0 Å². The number of ether oxygens (including phenoxy) is 3. The van der Waals surface area contributed by atoms with E-state index in [-0.39, 0.29) is 17.3 Å². The lowest BCUT2D eigenvalue weighted by atomic mass is 10.1. The number of benzene rings is 2. The molecule has 0 radical (unpaired) electrons. The smallest absolute Gasteiger partial charge is 0.203 e. The fourth-order valence-electron chi connectivity index (χ4n) is 2.10. The van der Waals surface area contributed by atoms with E-state index in [1.54, 1.807) is 43.5 Å². The molecule has 2 aromatic rings. The van der Waals surface area contributed by atoms with Crippen LogP contribution in [0.3, 0.4) is 0 Å². The second-order valence-electron chi connectivity index (χ2n) is 4.67. The maximum atomic E-state index is 12.2. The number of hydrogen-bond acceptors (Lipinski definition) is 5. The van der Waals surface area contributed by atoms with Crippen molar-refractivity contribution in [1.82, 2.24) is 0 Å². The number of rotatable bonds is 6. The number of ketones is 1. The summed E-state index contributed by atoms with van der Waals surface area (Å²) in [5.41, 5.74) is 0.958. The van der Waals surface area contributed by atoms with Gasteiger partial charge in [-0.3, -0.25) is 4.79 Å². The molecule has 0 aliphatic heterocycles. The third-order valence-corrected chi connectivity index (χ3v) is 3.32. The maximum Gasteiger partial charge on any atom is 0.203 e. The Morgan fingerprint density at radius 1 is 1.04 bits per heavy atom. The monoisotopic (exact) mass is 314 g/mol. The number of allylic oxidation sites excluding steroid dienone is 1. The SMILES string of the molecule is COc1cccc(C(=O)/C=C/c2ccc(OC)c(OC)c2O)c1. The first kappa shape index (κ1) is 16.4. The Morgan fingerprint density at radius 2 is 1.83 bits per heavy atom. The van der Waals surface area contributed by atoms with Gasteiger partial charge in [0, 0.05) is 11.1 Å². The quantitative estimate of drug-likeness (QED) is 0.654. The predicted molar refractivity (Wildman–Crippen MR) is 87.6 cm³/mol. The zero-order valence-corrected chi connectivity index (χ0v) is 13.2. The van der Waals surface area contributed by atoms with E-state index >= 15 is 0 Å². The van der Waals surface area contributed by atoms with Gasteiger partial charge in [0.25, 0.3) is 0 Å². The molecule has 0 fully saturated rings. The number of methoxy groups -OCH3 is 3. The Labute approximate surface area is 134 Å². The number of aromatic hydroxyl groups is 1. The minimum absolute atomic E-state index is 0.0819. The second kappa shape index (κ2) is 7.35. The molecule has 0 saturated heterocycles. The van der Waals surface area contributed by atoms with Gasteiger partial charge in [-0.1, -0.05) is 12.1 Å². The second-order valence-corrected chi connectivity index (χ2v) is 4.67. The Balaban J connectivity index is 2.27. The van der Waals surface area contributed by atoms with Crippen LogP contribution in [0.5, 0.6) is 23.0 Å². The van der Waals surface area contributed by atoms with Gasteiger partial charge in [0.2, 0.25) is 5.75 Å². The van der Waals surface area contributed by atoms with Crippen molar-refractivity contribution < 1.29 is 24.1 Å². The standard InChI is InChI=1S/C18H18O5/c1-21-14-6-4-5-13(11-14)15(19)9-7-12-8-10-16(22-2)18(23-3)17(12)20/h4-11,20H,1-3H3/b9-7+. The van der Waals surface area contributed by atoms with Crippen molar-refractivity contribution >= 4 is 11.9 Å². The lowest BCUT2D eigenvalue weighted by Crippen LogP contribution is -1.95. The Morgan fingerprint density at radius 3 is 2.48 bits per heavy atom. The number of carbonyl (C=O) groups is 1. The van der Waals surface area contributed by atoms with Crippen molar-refractivity contribution in [3.63, 3.8) is 0 Å². The Hall–Kier alpha value is -2.95. The molecule has 5 nitrogen and oxygen atoms in total. The van der Waals surface area contributed by atoms with Gasteiger partial charge in [0.05, 0.1) is 21.3 Å². The first-order chi connectivity index (χ1) is 11.1. The van der Waals surface area contributed by atoms with Crippen LogP contribution >= 0.6 is 0 Å². The maximum absolute atomic E-state index is 12.2. The summed E-state index contributed by atoms with van der Waals surface area (Å²) in [7, 11) is 4.46. The lowest BCUT2D eigenvalue weighted by molar-refractivity contribution is 0.104. The molecular weight excluding hydrogens is 296 g/mol. The largest absolute Gasteiger partial charge is 0.504 e. The molecule has 1 N–H and O–H groups in total. The number of hydrogen-bond donors (Lipinski definition) is 1. The lowest BCUT2D eigenvalue weighted by Gasteiger charge is -2.10. The van der Waals surface area contributed by atoms with Crippen LogP contribution in [0.15, 0.2) is 42.5 Å². The fraction of sp³-hybridized carbons (Fsp3) is 0.167. The van der Waals surface area contributed by atoms with Gasteiger partial charge in [0.1, 0.15) is 5.75 Å². The van der Waals surface area contributed by atoms with E-state index < -0.39 is 0 Å². The molecule has 0 spiro atoms. The average molecular weight is 314 g/mol. The van der Waals surface area contributed by atoms with Crippen LogP contribution in [0.4, 0.5) is 0 Å². The summed E-state index contributed by atoms with van der Waals surface area (Å²) in [6, 6.07) is 10.2. The highest BCUT2D eigenvalue weighted by atomic mass is 16.5. The van der Waals surface area contributed by atoms with E-state index in [1.165, 1.54) is 26.4 Å². The zero-order valence-electron chi connectivity index (χ0n) is 13.2. The molecule has 5 heteroatoms. The highest BCUT2D eigenvalue weighted by molar-refractivity contribution is 6.07. The molecule has 0 aliphatic carbocycles. The molecule has 0 unspecified atom stereocenters. The molecule has 0 heterocycles. The van der Waals surface area contributed by atoms with E-state index in [0.717, 1.165) is 0 Å². The summed E-state index contributed by atoms with van der Waals surface area (Å²) < 4.78 is 15.3. The van der Waals surface area contributed by atoms with E-state index in [9.17, 15) is 9.90 Å². The van der Waals surface area contributed by atoms with Crippen molar-refractivity contribution in [2.45, 2.75) is 0 Å². The van der Waals surface area contributed by atoms with E-state index in [0.29, 0.717) is 22.6 Å². The van der Waals surface area contributed by atoms with Gasteiger partial charge < -0.3 is 19.3 Å². The average Bonchev–Trinajstić information content (AvgIpc) is 2.60. The molecule has 0 atom stereocenters. The highest BCUT2D eigenvalue weighted by Gasteiger charge is 2.12. The first-order valence-corrected chi connectivity index (χ1v) is 6.91. The summed E-state index contributed by atoms with van der Waals surface area (Å²) in [5.74, 6) is 0.975. The van der Waals surface area contributed by atoms with Gasteiger partial charge in [-0.15, -0.1) is 0 Å². The summed E-state index contributed by atoms with van der Waals surface area (Å²) in [6.45, 7) is 0. The molecule has 120 valence electrons. The molecule has 0 aromatic heterocycles. The first-order valence-electron chi connectivity index (χ1n) is 6.91. The predicted octanol–water partition coefficient (Wildman–Crippen LogP) is 3.31. The van der Waals surface area contributed by atoms with Crippen molar-refractivity contribution in [3.8, 4) is 23.0 Å². The van der Waals surface area contributed by atoms with Gasteiger partial charge >= 0.3 is 0 Å². The summed E-state index contributed by atoms with van der Waals surface area (Å²) in [5, 5.41) is 10.2. The van der Waals surface area contributed by atoms with Gasteiger partial charge in [-0.2, -0.15) is 0 Å². The van der Waals surface area contributed by atoms with Gasteiger partial charge in [-0.05, 0) is 36.4 Å². The number of carbonyl (C=O) groups excluding carboxylic acids is 1. The topological polar surface area (TPSA) is 65.0 Å². The van der Waals surface area contributed by atoms with Gasteiger partial charge in [0.15, 0.2) is 17.3 Å². The molecule has 0 amide bonds. The van der Waals surface area contributed by atoms with E-state index in [4.69, 9.17) is 14.2 Å². The third kappa shape index (κ3) is 3.63. The normalized spacial score (nSPS) is 10.6. The van der Waals surface area contributed by atoms with Crippen LogP contribution in [0.2, 0.25) is 0 Å². The van der Waals surface area contributed by atoms with Crippen LogP contribution < -0.4 is 14.2 Å². The highest BCUT2D eigenvalue weighted by Crippen LogP contribution is 2.39. The van der Waals surface area contributed by atoms with Gasteiger partial charge in [-0.25, -0.2) is 0 Å². The molecule has 2 aromatic carbocycles. The summed E-state index contributed by atoms with van der Waals surface area (Å²) >= 11 is 0. The van der Waals surface area contributed by atoms with Crippen molar-refractivity contribution in [1.29, 1.82) is 0 Å². The minimum Gasteiger partial charge on any atom is -0.504 e. The minimum atomic E-state index is -0.196. The van der Waals surface area contributed by atoms with Crippen LogP contribution in [-0.2, 0) is 0 Å². The van der Waals surface area contributed by atoms with E-state index in [2.05, 4.69) is 0 Å². The third-order valence-electron chi connectivity index (χ3n) is 3.32. The van der Waals surface area contributed by atoms with Crippen LogP contribution in [-0.4, -0.2) is 32.2 Å². The summed E-state index contributed by atoms with van der Waals surface area (Å²) in [6.07, 6.45) is 2.91. The number of phenolic OH excluding ortho intramolecular Hbond substituents is 1.